The van der Waals surface area contributed by atoms with Gasteiger partial charge in [-0.3, -0.25) is 14.0 Å². The molecule has 0 atom stereocenters. The van der Waals surface area contributed by atoms with Crippen molar-refractivity contribution >= 4 is 39.9 Å². The Labute approximate surface area is 172 Å². The van der Waals surface area contributed by atoms with Gasteiger partial charge in [-0.2, -0.15) is 0 Å². The highest BCUT2D eigenvalue weighted by atomic mass is 35.5. The molecule has 7 nitrogen and oxygen atoms in total. The van der Waals surface area contributed by atoms with Gasteiger partial charge in [0.2, 0.25) is 0 Å². The normalized spacial score (nSPS) is 11.0. The minimum Gasteiger partial charge on any atom is -0.507 e. The number of esters is 1. The standard InChI is InChI=1S/C21H12ClFN2O5/c1-30-21(29)10-2-4-13-16(7-10)24-19-15(22)6-11(9-25(19)20(13)28)18(27)14-8-12(23)3-5-17(14)26/h2-9,26H,1H3. The third-order valence-corrected chi connectivity index (χ3v) is 4.83. The van der Waals surface area contributed by atoms with Crippen LogP contribution in [0.3, 0.4) is 0 Å². The largest absolute Gasteiger partial charge is 0.507 e. The number of phenols is 1. The molecule has 2 heterocycles. The van der Waals surface area contributed by atoms with Crippen molar-refractivity contribution in [2.75, 3.05) is 7.11 Å². The van der Waals surface area contributed by atoms with Gasteiger partial charge in [0.15, 0.2) is 11.4 Å². The van der Waals surface area contributed by atoms with E-state index in [0.717, 1.165) is 22.6 Å². The van der Waals surface area contributed by atoms with Crippen LogP contribution in [0, 0.1) is 5.82 Å². The molecule has 0 fully saturated rings. The molecule has 0 aliphatic carbocycles. The van der Waals surface area contributed by atoms with Crippen LogP contribution in [-0.4, -0.2) is 33.4 Å². The molecule has 2 aromatic carbocycles. The highest BCUT2D eigenvalue weighted by molar-refractivity contribution is 6.34. The lowest BCUT2D eigenvalue weighted by atomic mass is 10.0. The molecule has 0 aliphatic rings. The van der Waals surface area contributed by atoms with E-state index >= 15 is 0 Å². The number of fused-ring (bicyclic) bond motifs is 2. The SMILES string of the molecule is COC(=O)c1ccc2c(=O)n3cc(C(=O)c4cc(F)ccc4O)cc(Cl)c3nc2c1. The van der Waals surface area contributed by atoms with Gasteiger partial charge in [0.25, 0.3) is 5.56 Å². The number of carbonyl (C=O) groups excluding carboxylic acids is 2. The van der Waals surface area contributed by atoms with Crippen molar-refractivity contribution in [3.05, 3.63) is 86.5 Å². The quantitative estimate of drug-likeness (QED) is 0.306. The van der Waals surface area contributed by atoms with Crippen molar-refractivity contribution < 1.29 is 23.8 Å². The molecule has 0 unspecified atom stereocenters. The second kappa shape index (κ2) is 7.23. The third kappa shape index (κ3) is 3.17. The zero-order chi connectivity index (χ0) is 21.6. The molecule has 150 valence electrons. The van der Waals surface area contributed by atoms with Crippen molar-refractivity contribution in [1.29, 1.82) is 0 Å². The molecule has 1 N–H and O–H groups in total. The summed E-state index contributed by atoms with van der Waals surface area (Å²) >= 11 is 6.26. The molecule has 0 amide bonds. The van der Waals surface area contributed by atoms with Crippen molar-refractivity contribution in [3.8, 4) is 5.75 Å². The minimum absolute atomic E-state index is 0.0146. The Morgan fingerprint density at radius 2 is 1.90 bits per heavy atom. The maximum Gasteiger partial charge on any atom is 0.337 e. The smallest absolute Gasteiger partial charge is 0.337 e. The summed E-state index contributed by atoms with van der Waals surface area (Å²) in [6.45, 7) is 0. The van der Waals surface area contributed by atoms with Gasteiger partial charge < -0.3 is 9.84 Å². The van der Waals surface area contributed by atoms with Crippen LogP contribution in [-0.2, 0) is 4.74 Å². The van der Waals surface area contributed by atoms with Gasteiger partial charge >= 0.3 is 5.97 Å². The summed E-state index contributed by atoms with van der Waals surface area (Å²) in [6.07, 6.45) is 1.22. The van der Waals surface area contributed by atoms with E-state index in [4.69, 9.17) is 11.6 Å². The van der Waals surface area contributed by atoms with E-state index in [1.165, 1.54) is 37.6 Å². The number of hydrogen-bond acceptors (Lipinski definition) is 6. The molecule has 0 radical (unpaired) electrons. The molecule has 9 heteroatoms. The van der Waals surface area contributed by atoms with Crippen LogP contribution in [0.1, 0.15) is 26.3 Å². The van der Waals surface area contributed by atoms with E-state index in [1.807, 2.05) is 0 Å². The first-order valence-corrected chi connectivity index (χ1v) is 8.95. The van der Waals surface area contributed by atoms with Crippen LogP contribution in [0.5, 0.6) is 5.75 Å². The number of carbonyl (C=O) groups is 2. The highest BCUT2D eigenvalue weighted by Gasteiger charge is 2.19. The molecule has 2 aromatic heterocycles. The monoisotopic (exact) mass is 426 g/mol. The first kappa shape index (κ1) is 19.5. The molecule has 0 saturated heterocycles. The van der Waals surface area contributed by atoms with Crippen LogP contribution in [0.25, 0.3) is 16.6 Å². The number of pyridine rings is 1. The lowest BCUT2D eigenvalue weighted by Gasteiger charge is -2.09. The number of hydrogen-bond donors (Lipinski definition) is 1. The number of phenolic OH excluding ortho intramolecular Hbond substituents is 1. The molecule has 0 aliphatic heterocycles. The first-order chi connectivity index (χ1) is 14.3. The zero-order valence-corrected chi connectivity index (χ0v) is 16.1. The van der Waals surface area contributed by atoms with E-state index in [1.54, 1.807) is 0 Å². The van der Waals surface area contributed by atoms with Crippen LogP contribution in [0.2, 0.25) is 5.02 Å². The van der Waals surface area contributed by atoms with Gasteiger partial charge in [-0.05, 0) is 42.5 Å². The first-order valence-electron chi connectivity index (χ1n) is 8.57. The number of rotatable bonds is 3. The Balaban J connectivity index is 1.94. The molecular formula is C21H12ClFN2O5. The average Bonchev–Trinajstić information content (AvgIpc) is 2.74. The topological polar surface area (TPSA) is 98.0 Å². The van der Waals surface area contributed by atoms with Crippen LogP contribution < -0.4 is 5.56 Å². The molecule has 0 saturated carbocycles. The number of methoxy groups -OCH3 is 1. The van der Waals surface area contributed by atoms with Gasteiger partial charge in [-0.15, -0.1) is 0 Å². The number of ether oxygens (including phenoxy) is 1. The Morgan fingerprint density at radius 3 is 2.63 bits per heavy atom. The summed E-state index contributed by atoms with van der Waals surface area (Å²) in [6, 6.07) is 8.49. The summed E-state index contributed by atoms with van der Waals surface area (Å²) in [5, 5.41) is 10.1. The van der Waals surface area contributed by atoms with E-state index in [-0.39, 0.29) is 38.3 Å². The molecule has 4 aromatic rings. The van der Waals surface area contributed by atoms with Gasteiger partial charge in [-0.25, -0.2) is 14.2 Å². The number of halogens is 2. The van der Waals surface area contributed by atoms with Gasteiger partial charge in [0.05, 0.1) is 34.2 Å². The Bertz CT molecular complexity index is 1430. The second-order valence-corrected chi connectivity index (χ2v) is 6.81. The van der Waals surface area contributed by atoms with Crippen molar-refractivity contribution in [2.45, 2.75) is 0 Å². The maximum absolute atomic E-state index is 13.5. The second-order valence-electron chi connectivity index (χ2n) is 6.40. The lowest BCUT2D eigenvalue weighted by molar-refractivity contribution is 0.0600. The fourth-order valence-corrected chi connectivity index (χ4v) is 3.33. The van der Waals surface area contributed by atoms with E-state index in [2.05, 4.69) is 9.72 Å². The fraction of sp³-hybridized carbons (Fsp3) is 0.0476. The van der Waals surface area contributed by atoms with E-state index < -0.39 is 28.9 Å². The van der Waals surface area contributed by atoms with Crippen molar-refractivity contribution in [1.82, 2.24) is 9.38 Å². The number of aromatic nitrogens is 2. The molecule has 0 spiro atoms. The van der Waals surface area contributed by atoms with Crippen LogP contribution in [0.4, 0.5) is 4.39 Å². The third-order valence-electron chi connectivity index (χ3n) is 4.55. The summed E-state index contributed by atoms with van der Waals surface area (Å²) in [5.41, 5.74) is -0.321. The Morgan fingerprint density at radius 1 is 1.13 bits per heavy atom. The summed E-state index contributed by atoms with van der Waals surface area (Å²) in [7, 11) is 1.24. The molecular weight excluding hydrogens is 415 g/mol. The predicted octanol–water partition coefficient (Wildman–Crippen LogP) is 3.36. The lowest BCUT2D eigenvalue weighted by Crippen LogP contribution is -2.18. The molecule has 0 bridgehead atoms. The minimum atomic E-state index is -0.719. The van der Waals surface area contributed by atoms with Crippen molar-refractivity contribution in [2.24, 2.45) is 0 Å². The Kier molecular flexibility index (Phi) is 4.71. The highest BCUT2D eigenvalue weighted by Crippen LogP contribution is 2.25. The number of benzene rings is 2. The van der Waals surface area contributed by atoms with E-state index in [9.17, 15) is 23.9 Å². The molecule has 4 rings (SSSR count). The maximum atomic E-state index is 13.5. The number of nitrogens with zero attached hydrogens (tertiary/aromatic N) is 2. The van der Waals surface area contributed by atoms with Crippen LogP contribution in [0.15, 0.2) is 53.5 Å². The fourth-order valence-electron chi connectivity index (χ4n) is 3.08. The zero-order valence-electron chi connectivity index (χ0n) is 15.3. The molecule has 30 heavy (non-hydrogen) atoms. The summed E-state index contributed by atoms with van der Waals surface area (Å²) in [5.74, 6) is -2.41. The van der Waals surface area contributed by atoms with Gasteiger partial charge in [0.1, 0.15) is 11.6 Å². The predicted molar refractivity (Wildman–Crippen MR) is 107 cm³/mol. The number of ketones is 1. The number of aromatic hydroxyl groups is 1. The Hall–Kier alpha value is -3.78. The van der Waals surface area contributed by atoms with Crippen molar-refractivity contribution in [3.63, 3.8) is 0 Å². The summed E-state index contributed by atoms with van der Waals surface area (Å²) < 4.78 is 19.3. The summed E-state index contributed by atoms with van der Waals surface area (Å²) in [4.78, 5) is 41.8. The van der Waals surface area contributed by atoms with Gasteiger partial charge in [0, 0.05) is 11.8 Å². The average molecular weight is 427 g/mol. The van der Waals surface area contributed by atoms with E-state index in [0.29, 0.717) is 0 Å². The van der Waals surface area contributed by atoms with Gasteiger partial charge in [-0.1, -0.05) is 11.6 Å². The van der Waals surface area contributed by atoms with Crippen LogP contribution >= 0.6 is 11.6 Å².